The van der Waals surface area contributed by atoms with Crippen molar-refractivity contribution < 1.29 is 13.2 Å². The number of amides is 1. The van der Waals surface area contributed by atoms with Crippen LogP contribution < -0.4 is 0 Å². The monoisotopic (exact) mass is 462 g/mol. The van der Waals surface area contributed by atoms with Gasteiger partial charge in [-0.1, -0.05) is 60.7 Å². The Bertz CT molecular complexity index is 1230. The highest BCUT2D eigenvalue weighted by atomic mass is 32.2. The van der Waals surface area contributed by atoms with Gasteiger partial charge in [-0.2, -0.15) is 9.40 Å². The van der Waals surface area contributed by atoms with Crippen molar-refractivity contribution in [2.75, 3.05) is 26.2 Å². The predicted molar refractivity (Wildman–Crippen MR) is 129 cm³/mol. The number of rotatable bonds is 7. The lowest BCUT2D eigenvalue weighted by atomic mass is 10.2. The molecular weight excluding hydrogens is 436 g/mol. The minimum atomic E-state index is -3.52. The quantitative estimate of drug-likeness (QED) is 0.506. The first kappa shape index (κ1) is 22.7. The minimum Gasteiger partial charge on any atom is -0.337 e. The van der Waals surface area contributed by atoms with E-state index in [-0.39, 0.29) is 19.0 Å². The van der Waals surface area contributed by atoms with Crippen LogP contribution in [0, 0.1) is 0 Å². The van der Waals surface area contributed by atoms with E-state index in [1.54, 1.807) is 23.2 Å². The molecule has 1 aliphatic heterocycles. The van der Waals surface area contributed by atoms with Gasteiger partial charge >= 0.3 is 0 Å². The van der Waals surface area contributed by atoms with Crippen molar-refractivity contribution in [3.63, 3.8) is 0 Å². The Morgan fingerprint density at radius 1 is 0.879 bits per heavy atom. The van der Waals surface area contributed by atoms with Gasteiger partial charge in [0.25, 0.3) is 0 Å². The van der Waals surface area contributed by atoms with Crippen LogP contribution in [0.2, 0.25) is 0 Å². The van der Waals surface area contributed by atoms with Crippen molar-refractivity contribution in [1.82, 2.24) is 19.0 Å². The zero-order valence-corrected chi connectivity index (χ0v) is 19.0. The van der Waals surface area contributed by atoms with Crippen LogP contribution in [0.15, 0.2) is 84.5 Å². The van der Waals surface area contributed by atoms with Crippen LogP contribution in [0.3, 0.4) is 0 Å². The first-order valence-electron chi connectivity index (χ1n) is 10.8. The number of benzene rings is 2. The lowest BCUT2D eigenvalue weighted by Gasteiger charge is -2.32. The Labute approximate surface area is 194 Å². The second-order valence-corrected chi connectivity index (χ2v) is 9.59. The van der Waals surface area contributed by atoms with Crippen LogP contribution in [-0.4, -0.2) is 59.5 Å². The summed E-state index contributed by atoms with van der Waals surface area (Å²) in [5, 5.41) is 5.57. The van der Waals surface area contributed by atoms with Crippen LogP contribution in [0.5, 0.6) is 0 Å². The van der Waals surface area contributed by atoms with Gasteiger partial charge in [-0.3, -0.25) is 9.48 Å². The number of carbonyl (C=O) groups is 1. The van der Waals surface area contributed by atoms with Crippen molar-refractivity contribution in [2.24, 2.45) is 0 Å². The molecule has 2 aromatic carbocycles. The molecule has 0 radical (unpaired) electrons. The molecule has 0 aliphatic carbocycles. The van der Waals surface area contributed by atoms with E-state index >= 15 is 0 Å². The Morgan fingerprint density at radius 3 is 2.24 bits per heavy atom. The smallest absolute Gasteiger partial charge is 0.246 e. The predicted octanol–water partition coefficient (Wildman–Crippen LogP) is 3.09. The molecule has 1 saturated heterocycles. The van der Waals surface area contributed by atoms with Crippen molar-refractivity contribution in [1.29, 1.82) is 0 Å². The van der Waals surface area contributed by atoms with Gasteiger partial charge in [-0.15, -0.1) is 0 Å². The van der Waals surface area contributed by atoms with Gasteiger partial charge in [0, 0.05) is 49.4 Å². The summed E-state index contributed by atoms with van der Waals surface area (Å²) in [4.78, 5) is 14.2. The molecule has 0 bridgehead atoms. The Balaban J connectivity index is 1.29. The lowest BCUT2D eigenvalue weighted by Crippen LogP contribution is -2.49. The summed E-state index contributed by atoms with van der Waals surface area (Å²) >= 11 is 0. The third-order valence-corrected chi connectivity index (χ3v) is 6.97. The summed E-state index contributed by atoms with van der Waals surface area (Å²) in [7, 11) is -3.52. The largest absolute Gasteiger partial charge is 0.337 e. The molecule has 1 amide bonds. The minimum absolute atomic E-state index is 0.136. The maximum Gasteiger partial charge on any atom is 0.246 e. The fourth-order valence-electron chi connectivity index (χ4n) is 3.57. The molecule has 170 valence electrons. The van der Waals surface area contributed by atoms with Gasteiger partial charge in [0.15, 0.2) is 0 Å². The highest BCUT2D eigenvalue weighted by Crippen LogP contribution is 2.13. The zero-order valence-electron chi connectivity index (χ0n) is 18.2. The van der Waals surface area contributed by atoms with Gasteiger partial charge in [0.2, 0.25) is 15.9 Å². The molecule has 4 rings (SSSR count). The van der Waals surface area contributed by atoms with Gasteiger partial charge in [-0.25, -0.2) is 8.42 Å². The highest BCUT2D eigenvalue weighted by Gasteiger charge is 2.26. The lowest BCUT2D eigenvalue weighted by molar-refractivity contribution is -0.127. The molecule has 0 N–H and O–H groups in total. The summed E-state index contributed by atoms with van der Waals surface area (Å²) in [6, 6.07) is 19.3. The molecule has 33 heavy (non-hydrogen) atoms. The van der Waals surface area contributed by atoms with Gasteiger partial charge < -0.3 is 4.90 Å². The van der Waals surface area contributed by atoms with Crippen molar-refractivity contribution >= 4 is 28.1 Å². The average molecular weight is 463 g/mol. The number of piperazine rings is 1. The topological polar surface area (TPSA) is 75.5 Å². The third kappa shape index (κ3) is 6.27. The van der Waals surface area contributed by atoms with Crippen molar-refractivity contribution in [3.8, 4) is 0 Å². The first-order valence-corrected chi connectivity index (χ1v) is 12.3. The van der Waals surface area contributed by atoms with E-state index in [2.05, 4.69) is 5.10 Å². The summed E-state index contributed by atoms with van der Waals surface area (Å²) in [5.74, 6) is -0.136. The van der Waals surface area contributed by atoms with Crippen LogP contribution >= 0.6 is 0 Å². The fourth-order valence-corrected chi connectivity index (χ4v) is 4.75. The summed E-state index contributed by atoms with van der Waals surface area (Å²) in [5.41, 5.74) is 2.82. The second kappa shape index (κ2) is 10.4. The standard InChI is InChI=1S/C25H26N4O3S/c30-25(12-11-24-19-26-28(21-24)20-23-9-5-2-6-10-23)27-14-16-29(17-15-27)33(31,32)18-13-22-7-3-1-4-8-22/h1-13,18-19,21H,14-17,20H2. The van der Waals surface area contributed by atoms with Crippen LogP contribution in [-0.2, 0) is 21.4 Å². The van der Waals surface area contributed by atoms with E-state index in [1.165, 1.54) is 15.8 Å². The SMILES string of the molecule is O=C(C=Cc1cnn(Cc2ccccc2)c1)N1CCN(S(=O)(=O)C=Cc2ccccc2)CC1. The maximum absolute atomic E-state index is 12.6. The molecule has 1 fully saturated rings. The second-order valence-electron chi connectivity index (χ2n) is 7.77. The third-order valence-electron chi connectivity index (χ3n) is 5.40. The number of carbonyl (C=O) groups excluding carboxylic acids is 1. The van der Waals surface area contributed by atoms with Gasteiger partial charge in [0.1, 0.15) is 0 Å². The Morgan fingerprint density at radius 2 is 1.55 bits per heavy atom. The first-order chi connectivity index (χ1) is 16.0. The van der Waals surface area contributed by atoms with E-state index in [0.29, 0.717) is 19.6 Å². The molecule has 7 nitrogen and oxygen atoms in total. The van der Waals surface area contributed by atoms with Crippen molar-refractivity contribution in [3.05, 3.63) is 101 Å². The zero-order chi connectivity index (χ0) is 23.1. The molecule has 0 atom stereocenters. The summed E-state index contributed by atoms with van der Waals surface area (Å²) in [6.07, 6.45) is 8.45. The molecule has 1 aromatic heterocycles. The van der Waals surface area contributed by atoms with Gasteiger partial charge in [0.05, 0.1) is 12.7 Å². The Hall–Kier alpha value is -3.49. The van der Waals surface area contributed by atoms with Crippen LogP contribution in [0.1, 0.15) is 16.7 Å². The van der Waals surface area contributed by atoms with E-state index in [1.807, 2.05) is 71.5 Å². The average Bonchev–Trinajstić information content (AvgIpc) is 3.30. The molecule has 2 heterocycles. The molecule has 1 aliphatic rings. The van der Waals surface area contributed by atoms with E-state index in [9.17, 15) is 13.2 Å². The molecule has 8 heteroatoms. The van der Waals surface area contributed by atoms with E-state index in [0.717, 1.165) is 16.7 Å². The normalized spacial score (nSPS) is 15.5. The van der Waals surface area contributed by atoms with Crippen LogP contribution in [0.4, 0.5) is 0 Å². The fraction of sp³-hybridized carbons (Fsp3) is 0.200. The number of sulfonamides is 1. The Kier molecular flexibility index (Phi) is 7.16. The number of aromatic nitrogens is 2. The van der Waals surface area contributed by atoms with Gasteiger partial charge in [-0.05, 0) is 23.3 Å². The number of hydrogen-bond donors (Lipinski definition) is 0. The van der Waals surface area contributed by atoms with E-state index in [4.69, 9.17) is 0 Å². The molecule has 0 saturated carbocycles. The summed E-state index contributed by atoms with van der Waals surface area (Å²) < 4.78 is 28.4. The molecule has 0 spiro atoms. The summed E-state index contributed by atoms with van der Waals surface area (Å²) in [6.45, 7) is 1.92. The van der Waals surface area contributed by atoms with Crippen LogP contribution in [0.25, 0.3) is 12.2 Å². The van der Waals surface area contributed by atoms with E-state index < -0.39 is 10.0 Å². The number of nitrogens with zero attached hydrogens (tertiary/aromatic N) is 4. The molecule has 3 aromatic rings. The number of hydrogen-bond acceptors (Lipinski definition) is 4. The molecule has 0 unspecified atom stereocenters. The maximum atomic E-state index is 12.6. The van der Waals surface area contributed by atoms with Crippen molar-refractivity contribution in [2.45, 2.75) is 6.54 Å². The molecular formula is C25H26N4O3S. The highest BCUT2D eigenvalue weighted by molar-refractivity contribution is 7.92.